The molecule has 0 N–H and O–H groups in total. The molecule has 0 bridgehead atoms. The lowest BCUT2D eigenvalue weighted by atomic mass is 10.1. The molecule has 2 aromatic heterocycles. The molecule has 0 aliphatic rings. The Hall–Kier alpha value is -2.40. The number of nitrogens with zero attached hydrogens (tertiary/aromatic N) is 4. The fraction of sp³-hybridized carbons (Fsp3) is 0.316. The third-order valence-corrected chi connectivity index (χ3v) is 4.41. The minimum absolute atomic E-state index is 0.0563. The van der Waals surface area contributed by atoms with E-state index < -0.39 is 0 Å². The Morgan fingerprint density at radius 3 is 2.60 bits per heavy atom. The van der Waals surface area contributed by atoms with Crippen molar-refractivity contribution < 1.29 is 4.79 Å². The maximum Gasteiger partial charge on any atom is 0.255 e. The number of aryl methyl sites for hydroxylation is 1. The highest BCUT2D eigenvalue weighted by Gasteiger charge is 2.18. The Morgan fingerprint density at radius 2 is 1.96 bits per heavy atom. The Kier molecular flexibility index (Phi) is 4.77. The van der Waals surface area contributed by atoms with Crippen LogP contribution in [0, 0.1) is 6.92 Å². The number of amides is 1. The van der Waals surface area contributed by atoms with Crippen LogP contribution in [0.25, 0.3) is 11.0 Å². The molecule has 0 spiro atoms. The Bertz CT molecular complexity index is 915. The van der Waals surface area contributed by atoms with Gasteiger partial charge in [-0.05, 0) is 44.5 Å². The first kappa shape index (κ1) is 17.4. The number of hydrogen-bond acceptors (Lipinski definition) is 3. The van der Waals surface area contributed by atoms with Crippen LogP contribution in [0.4, 0.5) is 0 Å². The van der Waals surface area contributed by atoms with E-state index in [1.54, 1.807) is 18.1 Å². The summed E-state index contributed by atoms with van der Waals surface area (Å²) < 4.78 is 1.87. The van der Waals surface area contributed by atoms with E-state index in [-0.39, 0.29) is 11.9 Å². The predicted octanol–water partition coefficient (Wildman–Crippen LogP) is 4.25. The quantitative estimate of drug-likeness (QED) is 0.702. The number of halogens is 1. The molecule has 3 aromatic rings. The largest absolute Gasteiger partial charge is 0.337 e. The van der Waals surface area contributed by atoms with Gasteiger partial charge in [0.2, 0.25) is 0 Å². The maximum atomic E-state index is 12.9. The van der Waals surface area contributed by atoms with Crippen LogP contribution in [0.15, 0.2) is 36.5 Å². The molecule has 2 heterocycles. The number of fused-ring (bicyclic) bond motifs is 1. The SMILES string of the molecule is Cc1nc2c(cnn2C(C)C)cc1C(=O)N(C)Cc1ccc(Cl)cc1. The van der Waals surface area contributed by atoms with E-state index in [1.165, 1.54) is 0 Å². The van der Waals surface area contributed by atoms with Gasteiger partial charge in [-0.3, -0.25) is 4.79 Å². The van der Waals surface area contributed by atoms with E-state index in [1.807, 2.05) is 41.9 Å². The lowest BCUT2D eigenvalue weighted by molar-refractivity contribution is 0.0784. The smallest absolute Gasteiger partial charge is 0.255 e. The molecule has 1 amide bonds. The van der Waals surface area contributed by atoms with Gasteiger partial charge in [0.1, 0.15) is 0 Å². The minimum Gasteiger partial charge on any atom is -0.337 e. The molecule has 0 radical (unpaired) electrons. The van der Waals surface area contributed by atoms with Gasteiger partial charge in [0.15, 0.2) is 5.65 Å². The van der Waals surface area contributed by atoms with Crippen molar-refractivity contribution in [1.29, 1.82) is 0 Å². The zero-order valence-electron chi connectivity index (χ0n) is 14.8. The Balaban J connectivity index is 1.88. The van der Waals surface area contributed by atoms with Gasteiger partial charge in [-0.2, -0.15) is 5.10 Å². The fourth-order valence-electron chi connectivity index (χ4n) is 2.80. The first-order chi connectivity index (χ1) is 11.9. The van der Waals surface area contributed by atoms with Crippen LogP contribution in [0.3, 0.4) is 0 Å². The van der Waals surface area contributed by atoms with E-state index >= 15 is 0 Å². The predicted molar refractivity (Wildman–Crippen MR) is 99.9 cm³/mol. The van der Waals surface area contributed by atoms with Crippen LogP contribution in [-0.4, -0.2) is 32.6 Å². The second-order valence-corrected chi connectivity index (χ2v) is 6.94. The second-order valence-electron chi connectivity index (χ2n) is 6.50. The molecule has 0 aliphatic heterocycles. The summed E-state index contributed by atoms with van der Waals surface area (Å²) in [7, 11) is 1.79. The molecule has 0 fully saturated rings. The molecule has 3 rings (SSSR count). The summed E-state index contributed by atoms with van der Waals surface area (Å²) in [5.41, 5.74) is 3.15. The first-order valence-corrected chi connectivity index (χ1v) is 8.59. The van der Waals surface area contributed by atoms with Crippen LogP contribution >= 0.6 is 11.6 Å². The summed E-state index contributed by atoms with van der Waals surface area (Å²) in [4.78, 5) is 19.2. The molecular formula is C19H21ClN4O. The molecule has 5 nitrogen and oxygen atoms in total. The number of rotatable bonds is 4. The highest BCUT2D eigenvalue weighted by atomic mass is 35.5. The van der Waals surface area contributed by atoms with Gasteiger partial charge in [0.05, 0.1) is 17.5 Å². The Morgan fingerprint density at radius 1 is 1.28 bits per heavy atom. The molecule has 0 aliphatic carbocycles. The van der Waals surface area contributed by atoms with Crippen molar-refractivity contribution in [2.45, 2.75) is 33.4 Å². The summed E-state index contributed by atoms with van der Waals surface area (Å²) in [5.74, 6) is -0.0563. The third kappa shape index (κ3) is 3.51. The van der Waals surface area contributed by atoms with Crippen LogP contribution in [0.5, 0.6) is 0 Å². The molecule has 6 heteroatoms. The van der Waals surface area contributed by atoms with Gasteiger partial charge >= 0.3 is 0 Å². The van der Waals surface area contributed by atoms with Crippen LogP contribution in [0.1, 0.15) is 41.5 Å². The van der Waals surface area contributed by atoms with E-state index in [0.717, 1.165) is 16.6 Å². The van der Waals surface area contributed by atoms with E-state index in [9.17, 15) is 4.79 Å². The standard InChI is InChI=1S/C19H21ClN4O/c1-12(2)24-18-15(10-21-24)9-17(13(3)22-18)19(25)23(4)11-14-5-7-16(20)8-6-14/h5-10,12H,11H2,1-4H3. The lowest BCUT2D eigenvalue weighted by Crippen LogP contribution is -2.27. The average molecular weight is 357 g/mol. The van der Waals surface area contributed by atoms with Crippen molar-refractivity contribution in [2.24, 2.45) is 0 Å². The lowest BCUT2D eigenvalue weighted by Gasteiger charge is -2.18. The molecule has 25 heavy (non-hydrogen) atoms. The van der Waals surface area contributed by atoms with E-state index in [4.69, 9.17) is 11.6 Å². The number of carbonyl (C=O) groups excluding carboxylic acids is 1. The summed E-state index contributed by atoms with van der Waals surface area (Å²) >= 11 is 5.91. The van der Waals surface area contributed by atoms with Crippen molar-refractivity contribution in [3.8, 4) is 0 Å². The van der Waals surface area contributed by atoms with E-state index in [2.05, 4.69) is 23.9 Å². The van der Waals surface area contributed by atoms with Crippen molar-refractivity contribution in [3.05, 3.63) is 58.4 Å². The van der Waals surface area contributed by atoms with Crippen LogP contribution < -0.4 is 0 Å². The van der Waals surface area contributed by atoms with E-state index in [0.29, 0.717) is 22.8 Å². The Labute approximate surface area is 152 Å². The van der Waals surface area contributed by atoms with Crippen molar-refractivity contribution in [2.75, 3.05) is 7.05 Å². The minimum atomic E-state index is -0.0563. The molecule has 1 aromatic carbocycles. The summed E-state index contributed by atoms with van der Waals surface area (Å²) in [6.45, 7) is 6.49. The fourth-order valence-corrected chi connectivity index (χ4v) is 2.93. The summed E-state index contributed by atoms with van der Waals surface area (Å²) in [6, 6.07) is 9.60. The molecule has 0 saturated heterocycles. The highest BCUT2D eigenvalue weighted by molar-refractivity contribution is 6.30. The van der Waals surface area contributed by atoms with Crippen molar-refractivity contribution in [3.63, 3.8) is 0 Å². The van der Waals surface area contributed by atoms with Crippen LogP contribution in [0.2, 0.25) is 5.02 Å². The number of aromatic nitrogens is 3. The van der Waals surface area contributed by atoms with Crippen molar-refractivity contribution >= 4 is 28.5 Å². The normalized spacial score (nSPS) is 11.3. The van der Waals surface area contributed by atoms with Crippen LogP contribution in [-0.2, 0) is 6.54 Å². The topological polar surface area (TPSA) is 51.0 Å². The molecule has 0 unspecified atom stereocenters. The zero-order chi connectivity index (χ0) is 18.1. The molecular weight excluding hydrogens is 336 g/mol. The molecule has 0 atom stereocenters. The van der Waals surface area contributed by atoms with Crippen molar-refractivity contribution in [1.82, 2.24) is 19.7 Å². The third-order valence-electron chi connectivity index (χ3n) is 4.16. The maximum absolute atomic E-state index is 12.9. The summed E-state index contributed by atoms with van der Waals surface area (Å²) in [6.07, 6.45) is 1.76. The van der Waals surface area contributed by atoms with Gasteiger partial charge < -0.3 is 4.90 Å². The van der Waals surface area contributed by atoms with Gasteiger partial charge in [-0.25, -0.2) is 9.67 Å². The monoisotopic (exact) mass is 356 g/mol. The highest BCUT2D eigenvalue weighted by Crippen LogP contribution is 2.21. The molecule has 0 saturated carbocycles. The second kappa shape index (κ2) is 6.84. The summed E-state index contributed by atoms with van der Waals surface area (Å²) in [5, 5.41) is 5.94. The number of carbonyl (C=O) groups is 1. The van der Waals surface area contributed by atoms with Gasteiger partial charge in [0, 0.05) is 30.0 Å². The van der Waals surface area contributed by atoms with Gasteiger partial charge in [0.25, 0.3) is 5.91 Å². The number of pyridine rings is 1. The number of benzene rings is 1. The first-order valence-electron chi connectivity index (χ1n) is 8.21. The van der Waals surface area contributed by atoms with Gasteiger partial charge in [-0.1, -0.05) is 23.7 Å². The average Bonchev–Trinajstić information content (AvgIpc) is 2.98. The van der Waals surface area contributed by atoms with Gasteiger partial charge in [-0.15, -0.1) is 0 Å². The number of hydrogen-bond donors (Lipinski definition) is 0. The molecule has 130 valence electrons. The zero-order valence-corrected chi connectivity index (χ0v) is 15.6.